The first-order valence-electron chi connectivity index (χ1n) is 15.1. The number of likely N-dealkylation sites (tertiary alicyclic amines) is 1. The normalized spacial score (nSPS) is 26.9. The second kappa shape index (κ2) is 12.5. The van der Waals surface area contributed by atoms with Crippen LogP contribution in [0.4, 0.5) is 10.5 Å². The number of likely N-dealkylation sites (N-methyl/N-ethyl adjacent to an activating group) is 1. The van der Waals surface area contributed by atoms with Crippen LogP contribution in [0.3, 0.4) is 0 Å². The topological polar surface area (TPSA) is 80.3 Å². The second-order valence-corrected chi connectivity index (χ2v) is 13.5. The van der Waals surface area contributed by atoms with Gasteiger partial charge < -0.3 is 24.4 Å². The van der Waals surface area contributed by atoms with Crippen molar-refractivity contribution in [3.8, 4) is 5.75 Å². The number of ether oxygens (including phenoxy) is 3. The Hall–Kier alpha value is -3.26. The SMILES string of the molecule is COC(=O)[C@@H]1C[C@H](Oc2cccc(NC3(C)CCC(c4ccccc4)(C(C)N(C)C)CC3)c2)CN1C(=O)OC(C)(C)C. The van der Waals surface area contributed by atoms with Gasteiger partial charge in [0.05, 0.1) is 13.7 Å². The summed E-state index contributed by atoms with van der Waals surface area (Å²) in [6.07, 6.45) is 3.70. The molecule has 0 radical (unpaired) electrons. The number of rotatable bonds is 8. The van der Waals surface area contributed by atoms with E-state index >= 15 is 0 Å². The third-order valence-electron chi connectivity index (χ3n) is 9.12. The van der Waals surface area contributed by atoms with Gasteiger partial charge in [-0.2, -0.15) is 0 Å². The number of nitrogens with one attached hydrogen (secondary N) is 1. The maximum Gasteiger partial charge on any atom is 0.411 e. The van der Waals surface area contributed by atoms with E-state index in [4.69, 9.17) is 14.2 Å². The summed E-state index contributed by atoms with van der Waals surface area (Å²) < 4.78 is 16.8. The zero-order valence-corrected chi connectivity index (χ0v) is 26.6. The monoisotopic (exact) mass is 579 g/mol. The van der Waals surface area contributed by atoms with Crippen LogP contribution in [0.1, 0.15) is 72.3 Å². The highest BCUT2D eigenvalue weighted by atomic mass is 16.6. The molecule has 2 aromatic rings. The van der Waals surface area contributed by atoms with E-state index < -0.39 is 23.7 Å². The van der Waals surface area contributed by atoms with Gasteiger partial charge in [-0.25, -0.2) is 9.59 Å². The summed E-state index contributed by atoms with van der Waals surface area (Å²) in [5, 5.41) is 3.82. The quantitative estimate of drug-likeness (QED) is 0.370. The van der Waals surface area contributed by atoms with Crippen LogP contribution in [-0.4, -0.2) is 78.9 Å². The van der Waals surface area contributed by atoms with Crippen LogP contribution in [0.25, 0.3) is 0 Å². The molecule has 1 aliphatic heterocycles. The number of hydrogen-bond acceptors (Lipinski definition) is 7. The van der Waals surface area contributed by atoms with Crippen molar-refractivity contribution in [3.63, 3.8) is 0 Å². The molecule has 2 fully saturated rings. The van der Waals surface area contributed by atoms with Gasteiger partial charge in [0.25, 0.3) is 0 Å². The van der Waals surface area contributed by atoms with Crippen LogP contribution < -0.4 is 10.1 Å². The largest absolute Gasteiger partial charge is 0.488 e. The van der Waals surface area contributed by atoms with E-state index in [0.717, 1.165) is 31.4 Å². The fourth-order valence-electron chi connectivity index (χ4n) is 6.54. The van der Waals surface area contributed by atoms with Gasteiger partial charge in [-0.3, -0.25) is 4.90 Å². The number of anilines is 1. The molecule has 230 valence electrons. The molecule has 0 aromatic heterocycles. The Labute approximate surface area is 251 Å². The lowest BCUT2D eigenvalue weighted by molar-refractivity contribution is -0.145. The van der Waals surface area contributed by atoms with Crippen molar-refractivity contribution in [2.75, 3.05) is 33.1 Å². The van der Waals surface area contributed by atoms with Crippen LogP contribution in [0.5, 0.6) is 5.75 Å². The zero-order chi connectivity index (χ0) is 30.7. The number of hydrogen-bond donors (Lipinski definition) is 1. The molecular formula is C34H49N3O5. The van der Waals surface area contributed by atoms with Crippen LogP contribution in [0, 0.1) is 0 Å². The first-order chi connectivity index (χ1) is 19.7. The molecule has 1 saturated heterocycles. The number of methoxy groups -OCH3 is 1. The standard InChI is InChI=1S/C34H49N3O5/c1-24(36(6)7)34(25-13-10-9-11-14-25)19-17-33(5,18-20-34)35-26-15-12-16-27(21-26)41-28-22-29(30(38)40-8)37(23-28)31(39)42-32(2,3)4/h9-16,21,24,28-29,35H,17-20,22-23H2,1-8H3/t24?,28-,29-,33?,34?/m0/s1. The Morgan fingerprint density at radius 1 is 1.02 bits per heavy atom. The highest BCUT2D eigenvalue weighted by Gasteiger charge is 2.46. The van der Waals surface area contributed by atoms with E-state index in [0.29, 0.717) is 18.2 Å². The Morgan fingerprint density at radius 2 is 1.69 bits per heavy atom. The maximum atomic E-state index is 12.8. The minimum Gasteiger partial charge on any atom is -0.488 e. The van der Waals surface area contributed by atoms with E-state index in [1.165, 1.54) is 17.6 Å². The minimum absolute atomic E-state index is 0.0558. The van der Waals surface area contributed by atoms with Crippen molar-refractivity contribution in [1.82, 2.24) is 9.80 Å². The number of carbonyl (C=O) groups is 2. The van der Waals surface area contributed by atoms with Gasteiger partial charge in [-0.1, -0.05) is 36.4 Å². The van der Waals surface area contributed by atoms with E-state index in [2.05, 4.69) is 74.6 Å². The number of benzene rings is 2. The van der Waals surface area contributed by atoms with Crippen LogP contribution in [0.15, 0.2) is 54.6 Å². The number of amides is 1. The Balaban J connectivity index is 1.44. The lowest BCUT2D eigenvalue weighted by Crippen LogP contribution is -2.52. The van der Waals surface area contributed by atoms with Gasteiger partial charge in [0, 0.05) is 35.2 Å². The molecule has 1 unspecified atom stereocenters. The molecule has 2 aliphatic rings. The van der Waals surface area contributed by atoms with Crippen molar-refractivity contribution in [2.24, 2.45) is 0 Å². The summed E-state index contributed by atoms with van der Waals surface area (Å²) in [5.74, 6) is 0.224. The molecule has 4 rings (SSSR count). The molecule has 1 aliphatic carbocycles. The molecule has 1 N–H and O–H groups in total. The van der Waals surface area contributed by atoms with Crippen molar-refractivity contribution < 1.29 is 23.8 Å². The fraction of sp³-hybridized carbons (Fsp3) is 0.588. The average Bonchev–Trinajstić information content (AvgIpc) is 3.36. The van der Waals surface area contributed by atoms with Crippen molar-refractivity contribution >= 4 is 17.7 Å². The Bertz CT molecular complexity index is 1220. The van der Waals surface area contributed by atoms with Gasteiger partial charge in [-0.05, 0) is 92.1 Å². The summed E-state index contributed by atoms with van der Waals surface area (Å²) in [4.78, 5) is 29.1. The molecule has 1 saturated carbocycles. The summed E-state index contributed by atoms with van der Waals surface area (Å²) in [6.45, 7) is 10.3. The Morgan fingerprint density at radius 3 is 2.29 bits per heavy atom. The van der Waals surface area contributed by atoms with Gasteiger partial charge in [-0.15, -0.1) is 0 Å². The first-order valence-corrected chi connectivity index (χ1v) is 15.1. The lowest BCUT2D eigenvalue weighted by atomic mass is 9.61. The smallest absolute Gasteiger partial charge is 0.411 e. The Kier molecular flexibility index (Phi) is 9.46. The number of esters is 1. The van der Waals surface area contributed by atoms with Gasteiger partial charge in [0.2, 0.25) is 0 Å². The zero-order valence-electron chi connectivity index (χ0n) is 26.6. The summed E-state index contributed by atoms with van der Waals surface area (Å²) in [7, 11) is 5.69. The van der Waals surface area contributed by atoms with Crippen LogP contribution in [-0.2, 0) is 19.7 Å². The van der Waals surface area contributed by atoms with E-state index in [-0.39, 0.29) is 23.6 Å². The first kappa shape index (κ1) is 31.7. The summed E-state index contributed by atoms with van der Waals surface area (Å²) >= 11 is 0. The number of nitrogens with zero attached hydrogens (tertiary/aromatic N) is 2. The minimum atomic E-state index is -0.744. The molecule has 0 spiro atoms. The molecule has 1 heterocycles. The molecule has 2 aromatic carbocycles. The fourth-order valence-corrected chi connectivity index (χ4v) is 6.54. The number of carbonyl (C=O) groups excluding carboxylic acids is 2. The lowest BCUT2D eigenvalue weighted by Gasteiger charge is -2.50. The predicted molar refractivity (Wildman–Crippen MR) is 166 cm³/mol. The van der Waals surface area contributed by atoms with Crippen LogP contribution in [0.2, 0.25) is 0 Å². The van der Waals surface area contributed by atoms with Crippen molar-refractivity contribution in [1.29, 1.82) is 0 Å². The maximum absolute atomic E-state index is 12.8. The molecule has 0 bridgehead atoms. The van der Waals surface area contributed by atoms with E-state index in [1.54, 1.807) is 20.8 Å². The van der Waals surface area contributed by atoms with Crippen LogP contribution >= 0.6 is 0 Å². The van der Waals surface area contributed by atoms with Gasteiger partial charge in [0.1, 0.15) is 23.5 Å². The second-order valence-electron chi connectivity index (χ2n) is 13.5. The van der Waals surface area contributed by atoms with Crippen molar-refractivity contribution in [3.05, 3.63) is 60.2 Å². The summed E-state index contributed by atoms with van der Waals surface area (Å²) in [6, 6.07) is 18.6. The van der Waals surface area contributed by atoms with E-state index in [9.17, 15) is 9.59 Å². The third kappa shape index (κ3) is 7.20. The molecule has 42 heavy (non-hydrogen) atoms. The molecular weight excluding hydrogens is 530 g/mol. The average molecular weight is 580 g/mol. The third-order valence-corrected chi connectivity index (χ3v) is 9.12. The molecule has 8 heteroatoms. The molecule has 8 nitrogen and oxygen atoms in total. The molecule has 3 atom stereocenters. The molecule has 1 amide bonds. The van der Waals surface area contributed by atoms with Crippen molar-refractivity contribution in [2.45, 2.75) is 101 Å². The highest BCUT2D eigenvalue weighted by Crippen LogP contribution is 2.47. The van der Waals surface area contributed by atoms with E-state index in [1.807, 2.05) is 18.2 Å². The summed E-state index contributed by atoms with van der Waals surface area (Å²) in [5.41, 5.74) is 1.80. The van der Waals surface area contributed by atoms with Gasteiger partial charge in [0.15, 0.2) is 0 Å². The predicted octanol–water partition coefficient (Wildman–Crippen LogP) is 6.25. The highest BCUT2D eigenvalue weighted by molar-refractivity contribution is 5.82. The van der Waals surface area contributed by atoms with Gasteiger partial charge >= 0.3 is 12.1 Å².